The molecule has 0 aromatic carbocycles. The Balaban J connectivity index is 2.57. The van der Waals surface area contributed by atoms with Crippen LogP contribution < -0.4 is 5.32 Å². The number of hydrogen-bond acceptors (Lipinski definition) is 4. The fourth-order valence-electron chi connectivity index (χ4n) is 0.841. The number of aliphatic hydroxyl groups is 1. The molecular weight excluding hydrogens is 182 g/mol. The number of hydrogen-bond donors (Lipinski definition) is 2. The summed E-state index contributed by atoms with van der Waals surface area (Å²) in [4.78, 5) is 19.2. The molecule has 1 heterocycles. The number of nitrogens with one attached hydrogen (secondary N) is 1. The molecule has 0 aliphatic heterocycles. The van der Waals surface area contributed by atoms with Crippen LogP contribution >= 0.6 is 0 Å². The molecule has 0 aliphatic carbocycles. The normalized spacial score (nSPS) is 12.2. The van der Waals surface area contributed by atoms with Crippen LogP contribution in [0.25, 0.3) is 0 Å². The van der Waals surface area contributed by atoms with E-state index in [9.17, 15) is 4.79 Å². The standard InChI is InChI=1S/C9H13N3O2/c1-6-3-11-8(5-10-6)9(14)12-4-7(2)13/h3,5,7,13H,4H2,1-2H3,(H,12,14). The van der Waals surface area contributed by atoms with Crippen molar-refractivity contribution in [2.45, 2.75) is 20.0 Å². The quantitative estimate of drug-likeness (QED) is 0.706. The second-order valence-electron chi connectivity index (χ2n) is 3.10. The van der Waals surface area contributed by atoms with Gasteiger partial charge in [-0.15, -0.1) is 0 Å². The number of amides is 1. The Labute approximate surface area is 82.2 Å². The molecule has 0 spiro atoms. The number of aryl methyl sites for hydroxylation is 1. The molecule has 2 N–H and O–H groups in total. The molecule has 1 atom stereocenters. The number of rotatable bonds is 3. The summed E-state index contributed by atoms with van der Waals surface area (Å²) >= 11 is 0. The number of nitrogens with zero attached hydrogens (tertiary/aromatic N) is 2. The molecule has 1 unspecified atom stereocenters. The minimum absolute atomic E-state index is 0.217. The van der Waals surface area contributed by atoms with E-state index in [0.717, 1.165) is 5.69 Å². The minimum Gasteiger partial charge on any atom is -0.392 e. The van der Waals surface area contributed by atoms with E-state index in [0.29, 0.717) is 0 Å². The van der Waals surface area contributed by atoms with Crippen molar-refractivity contribution in [3.63, 3.8) is 0 Å². The molecule has 76 valence electrons. The van der Waals surface area contributed by atoms with Gasteiger partial charge in [-0.2, -0.15) is 0 Å². The Morgan fingerprint density at radius 3 is 2.79 bits per heavy atom. The van der Waals surface area contributed by atoms with E-state index >= 15 is 0 Å². The molecule has 0 saturated carbocycles. The van der Waals surface area contributed by atoms with Gasteiger partial charge in [0.1, 0.15) is 5.69 Å². The highest BCUT2D eigenvalue weighted by molar-refractivity contribution is 5.91. The molecule has 1 amide bonds. The second-order valence-corrected chi connectivity index (χ2v) is 3.10. The molecule has 1 aromatic rings. The van der Waals surface area contributed by atoms with E-state index < -0.39 is 6.10 Å². The van der Waals surface area contributed by atoms with Gasteiger partial charge in [0.2, 0.25) is 0 Å². The van der Waals surface area contributed by atoms with Gasteiger partial charge in [0.25, 0.3) is 5.91 Å². The Morgan fingerprint density at radius 2 is 2.29 bits per heavy atom. The zero-order valence-electron chi connectivity index (χ0n) is 8.19. The first-order valence-electron chi connectivity index (χ1n) is 4.34. The lowest BCUT2D eigenvalue weighted by molar-refractivity contribution is 0.0918. The van der Waals surface area contributed by atoms with Gasteiger partial charge in [0.05, 0.1) is 18.0 Å². The number of aliphatic hydroxyl groups excluding tert-OH is 1. The van der Waals surface area contributed by atoms with Gasteiger partial charge in [-0.3, -0.25) is 9.78 Å². The maximum atomic E-state index is 11.3. The Morgan fingerprint density at radius 1 is 1.57 bits per heavy atom. The summed E-state index contributed by atoms with van der Waals surface area (Å²) in [7, 11) is 0. The van der Waals surface area contributed by atoms with Crippen molar-refractivity contribution < 1.29 is 9.90 Å². The summed E-state index contributed by atoms with van der Waals surface area (Å²) in [6.45, 7) is 3.61. The van der Waals surface area contributed by atoms with Crippen LogP contribution in [0.3, 0.4) is 0 Å². The molecule has 1 rings (SSSR count). The summed E-state index contributed by atoms with van der Waals surface area (Å²) in [5.74, 6) is -0.321. The highest BCUT2D eigenvalue weighted by Gasteiger charge is 2.07. The van der Waals surface area contributed by atoms with Gasteiger partial charge in [0, 0.05) is 12.7 Å². The Hall–Kier alpha value is -1.49. The van der Waals surface area contributed by atoms with Crippen LogP contribution in [0.2, 0.25) is 0 Å². The largest absolute Gasteiger partial charge is 0.392 e. The fourth-order valence-corrected chi connectivity index (χ4v) is 0.841. The number of carbonyl (C=O) groups excluding carboxylic acids is 1. The molecule has 14 heavy (non-hydrogen) atoms. The van der Waals surface area contributed by atoms with Crippen molar-refractivity contribution in [1.82, 2.24) is 15.3 Å². The Bertz CT molecular complexity index is 308. The van der Waals surface area contributed by atoms with E-state index in [1.165, 1.54) is 12.4 Å². The zero-order chi connectivity index (χ0) is 10.6. The molecule has 5 nitrogen and oxygen atoms in total. The summed E-state index contributed by atoms with van der Waals surface area (Å²) in [5, 5.41) is 11.5. The third kappa shape index (κ3) is 3.10. The van der Waals surface area contributed by atoms with Crippen LogP contribution in [-0.4, -0.2) is 33.6 Å². The average Bonchev–Trinajstić information content (AvgIpc) is 2.15. The topological polar surface area (TPSA) is 75.1 Å². The highest BCUT2D eigenvalue weighted by atomic mass is 16.3. The van der Waals surface area contributed by atoms with Crippen LogP contribution in [0, 0.1) is 6.92 Å². The van der Waals surface area contributed by atoms with Gasteiger partial charge in [0.15, 0.2) is 0 Å². The lowest BCUT2D eigenvalue weighted by Crippen LogP contribution is -2.31. The highest BCUT2D eigenvalue weighted by Crippen LogP contribution is 1.93. The Kier molecular flexibility index (Phi) is 3.53. The van der Waals surface area contributed by atoms with Crippen molar-refractivity contribution in [1.29, 1.82) is 0 Å². The molecule has 5 heteroatoms. The third-order valence-corrected chi connectivity index (χ3v) is 1.57. The van der Waals surface area contributed by atoms with Gasteiger partial charge in [-0.25, -0.2) is 4.98 Å². The molecule has 0 bridgehead atoms. The first-order valence-corrected chi connectivity index (χ1v) is 4.34. The fraction of sp³-hybridized carbons (Fsp3) is 0.444. The van der Waals surface area contributed by atoms with E-state index in [1.807, 2.05) is 0 Å². The van der Waals surface area contributed by atoms with Crippen molar-refractivity contribution in [2.75, 3.05) is 6.54 Å². The first-order chi connectivity index (χ1) is 6.59. The minimum atomic E-state index is -0.558. The van der Waals surface area contributed by atoms with Crippen LogP contribution in [0.5, 0.6) is 0 Å². The van der Waals surface area contributed by atoms with Gasteiger partial charge in [-0.05, 0) is 13.8 Å². The maximum Gasteiger partial charge on any atom is 0.271 e. The maximum absolute atomic E-state index is 11.3. The van der Waals surface area contributed by atoms with Crippen molar-refractivity contribution in [2.24, 2.45) is 0 Å². The summed E-state index contributed by atoms with van der Waals surface area (Å²) < 4.78 is 0. The number of carbonyl (C=O) groups is 1. The molecule has 0 radical (unpaired) electrons. The van der Waals surface area contributed by atoms with E-state index in [-0.39, 0.29) is 18.1 Å². The second kappa shape index (κ2) is 4.66. The predicted octanol–water partition coefficient (Wildman–Crippen LogP) is -0.104. The summed E-state index contributed by atoms with van der Waals surface area (Å²) in [5.41, 5.74) is 1.02. The van der Waals surface area contributed by atoms with Crippen molar-refractivity contribution in [3.05, 3.63) is 23.8 Å². The summed E-state index contributed by atoms with van der Waals surface area (Å²) in [6.07, 6.45) is 2.38. The molecule has 0 saturated heterocycles. The molecule has 1 aromatic heterocycles. The van der Waals surface area contributed by atoms with E-state index in [4.69, 9.17) is 5.11 Å². The van der Waals surface area contributed by atoms with Crippen LogP contribution in [0.1, 0.15) is 23.1 Å². The van der Waals surface area contributed by atoms with Crippen molar-refractivity contribution in [3.8, 4) is 0 Å². The molecular formula is C9H13N3O2. The van der Waals surface area contributed by atoms with Gasteiger partial charge in [-0.1, -0.05) is 0 Å². The average molecular weight is 195 g/mol. The van der Waals surface area contributed by atoms with E-state index in [2.05, 4.69) is 15.3 Å². The summed E-state index contributed by atoms with van der Waals surface area (Å²) in [6, 6.07) is 0. The molecule has 0 aliphatic rings. The van der Waals surface area contributed by atoms with Crippen LogP contribution in [0.4, 0.5) is 0 Å². The SMILES string of the molecule is Cc1cnc(C(=O)NCC(C)O)cn1. The smallest absolute Gasteiger partial charge is 0.271 e. The van der Waals surface area contributed by atoms with Gasteiger partial charge >= 0.3 is 0 Å². The monoisotopic (exact) mass is 195 g/mol. The third-order valence-electron chi connectivity index (χ3n) is 1.57. The number of aromatic nitrogens is 2. The first kappa shape index (κ1) is 10.6. The van der Waals surface area contributed by atoms with Crippen molar-refractivity contribution >= 4 is 5.91 Å². The predicted molar refractivity (Wildman–Crippen MR) is 50.8 cm³/mol. The lowest BCUT2D eigenvalue weighted by Gasteiger charge is -2.05. The van der Waals surface area contributed by atoms with E-state index in [1.54, 1.807) is 13.8 Å². The lowest BCUT2D eigenvalue weighted by atomic mass is 10.3. The zero-order valence-corrected chi connectivity index (χ0v) is 8.19. The molecule has 0 fully saturated rings. The van der Waals surface area contributed by atoms with Gasteiger partial charge < -0.3 is 10.4 Å². The van der Waals surface area contributed by atoms with Crippen LogP contribution in [-0.2, 0) is 0 Å². The van der Waals surface area contributed by atoms with Crippen LogP contribution in [0.15, 0.2) is 12.4 Å².